The molecule has 0 spiro atoms. The molecule has 0 radical (unpaired) electrons. The number of benzene rings is 4. The quantitative estimate of drug-likeness (QED) is 0.0106. The highest BCUT2D eigenvalue weighted by atomic mass is 32.1. The minimum atomic E-state index is -1.84. The monoisotopic (exact) mass is 1960 g/mol. The van der Waals surface area contributed by atoms with Crippen molar-refractivity contribution in [2.45, 2.75) is 226 Å². The van der Waals surface area contributed by atoms with Gasteiger partial charge in [0, 0.05) is 82.4 Å². The molecule has 0 saturated carbocycles. The first-order valence-corrected chi connectivity index (χ1v) is 46.8. The first-order valence-electron chi connectivity index (χ1n) is 45.5. The van der Waals surface area contributed by atoms with Crippen molar-refractivity contribution >= 4 is 132 Å². The number of fused-ring (bicyclic) bond motifs is 3. The SMILES string of the molecule is C[C@@H]1NC(=O)[C@H](CO)NC(=O)[C@H](CS)NC(=O)[C@H](Cc2ccc(O)cc2)NC(=O)[C@H](Cc2c[nH]cn2)NC(=O)[C@H](Cc2ccc(O)cc2)NC(=O)[C@@H]2CCCN2C(=O)[C@H]2CCCN2C(=O)[C@H](CCCCN)NC(=O)[C@H](CCC(N)=O)NC(=O)[C@H](Cc2ccc(O)cc2)NC(=O)[C@H](CS)NC(=O)[C@H](Cc2ccc(O)cc2)NC(=O)[C@H](CCCNC(=N)N)NC(=O)[C@H](CCN)NC(=O)[C@H]2CCCN2C1=O. The van der Waals surface area contributed by atoms with Crippen LogP contribution >= 0.6 is 25.3 Å². The molecular weight excluding hydrogens is 1830 g/mol. The van der Waals surface area contributed by atoms with Crippen LogP contribution in [0.4, 0.5) is 0 Å². The first-order chi connectivity index (χ1) is 66.0. The van der Waals surface area contributed by atoms with Gasteiger partial charge in [-0.3, -0.25) is 86.9 Å². The summed E-state index contributed by atoms with van der Waals surface area (Å²) in [6.07, 6.45) is 0.592. The molecule has 4 aromatic carbocycles. The number of hydrogen-bond donors (Lipinski definition) is 27. The van der Waals surface area contributed by atoms with E-state index in [1.807, 2.05) is 0 Å². The fourth-order valence-electron chi connectivity index (χ4n) is 16.4. The standard InChI is InChI=1S/C90H124N24O22S2/c1-48-87(134)112-35-5-10-70(112)85(132)102-60(31-33-92)76(123)100-58(9-4-34-97-90(94)95)74(121)104-63(39-50-15-23-55(117)24-16-50)79(126)110-68(45-137)83(130)106-62(38-49-13-21-54(116)22-14-49)77(124)101-59(29-30-73(93)120)75(122)103-61(8-2-3-32-91)88(135)114-37-7-12-72(114)89(136)113-36-6-11-71(113)86(133)108-65(41-52-19-27-57(119)28-20-52)78(125)107-66(42-53-43-96-47-98-53)81(128)105-64(40-51-17-25-56(118)26-18-51)80(127)111-69(46-138)84(131)109-67(44-115)82(129)99-48/h13-28,43,47-48,58-72,115-119,137-138H,2-12,29-42,44-46,91-92H2,1H3,(H2,93,120)(H,96,98)(H,99,129)(H,100,123)(H,101,124)(H,102,132)(H,103,122)(H,104,121)(H,105,128)(H,106,130)(H,107,125)(H,108,133)(H,109,131)(H,110,126)(H,111,127)(H4,94,95,97)/t48-,58-,59-,60-,61-,62-,63-,64-,65-,66-,67-,68-,69-,70+,71-,72+/m0/s1. The number of carbonyl (C=O) groups excluding carboxylic acids is 17. The molecule has 0 aliphatic carbocycles. The largest absolute Gasteiger partial charge is 0.508 e. The second kappa shape index (κ2) is 53.0. The number of aromatic amines is 1. The van der Waals surface area contributed by atoms with Gasteiger partial charge in [-0.15, -0.1) is 0 Å². The third kappa shape index (κ3) is 31.9. The molecular formula is C90H124N24O22S2. The van der Waals surface area contributed by atoms with Crippen LogP contribution in [0, 0.1) is 5.41 Å². The van der Waals surface area contributed by atoms with E-state index in [9.17, 15) is 73.5 Å². The van der Waals surface area contributed by atoms with Crippen molar-refractivity contribution in [3.63, 3.8) is 0 Å². The topological polar surface area (TPSA) is 726 Å². The van der Waals surface area contributed by atoms with Gasteiger partial charge in [-0.25, -0.2) is 4.98 Å². The molecule has 4 saturated heterocycles. The molecule has 1 aromatic heterocycles. The van der Waals surface area contributed by atoms with Crippen LogP contribution < -0.4 is 97.4 Å². The minimum Gasteiger partial charge on any atom is -0.508 e. The van der Waals surface area contributed by atoms with Crippen LogP contribution in [0.3, 0.4) is 0 Å². The zero-order chi connectivity index (χ0) is 100. The number of aromatic hydroxyl groups is 4. The van der Waals surface area contributed by atoms with E-state index in [4.69, 9.17) is 28.3 Å². The zero-order valence-corrected chi connectivity index (χ0v) is 77.9. The normalized spacial score (nSPS) is 25.3. The average Bonchev–Trinajstić information content (AvgIpc) is 1.59. The summed E-state index contributed by atoms with van der Waals surface area (Å²) in [6.45, 7) is -0.121. The summed E-state index contributed by atoms with van der Waals surface area (Å²) >= 11 is 8.73. The lowest BCUT2D eigenvalue weighted by Crippen LogP contribution is -2.62. The van der Waals surface area contributed by atoms with Crippen LogP contribution in [-0.4, -0.2) is 311 Å². The summed E-state index contributed by atoms with van der Waals surface area (Å²) in [4.78, 5) is 261. The van der Waals surface area contributed by atoms with Gasteiger partial charge in [0.05, 0.1) is 18.6 Å². The molecule has 17 amide bonds. The van der Waals surface area contributed by atoms with E-state index in [2.05, 4.69) is 110 Å². The smallest absolute Gasteiger partial charge is 0.246 e. The Hall–Kier alpha value is -13.9. The molecule has 4 fully saturated rings. The van der Waals surface area contributed by atoms with Crippen LogP contribution in [0.25, 0.3) is 0 Å². The van der Waals surface area contributed by atoms with Crippen molar-refractivity contribution in [2.75, 3.05) is 57.4 Å². The number of unbranched alkanes of at least 4 members (excludes halogenated alkanes) is 1. The van der Waals surface area contributed by atoms with E-state index in [0.29, 0.717) is 28.7 Å². The molecule has 5 aromatic rings. The fraction of sp³-hybridized carbons (Fsp3) is 0.500. The van der Waals surface area contributed by atoms with E-state index >= 15 is 33.6 Å². The number of nitrogens with zero attached hydrogens (tertiary/aromatic N) is 4. The number of amides is 17. The maximum atomic E-state index is 15.3. The van der Waals surface area contributed by atoms with E-state index in [1.165, 1.54) is 126 Å². The van der Waals surface area contributed by atoms with Crippen LogP contribution in [0.1, 0.15) is 125 Å². The van der Waals surface area contributed by atoms with E-state index in [1.54, 1.807) is 0 Å². The molecule has 138 heavy (non-hydrogen) atoms. The average molecular weight is 1960 g/mol. The first kappa shape index (κ1) is 108. The molecule has 46 nitrogen and oxygen atoms in total. The van der Waals surface area contributed by atoms with Crippen molar-refractivity contribution in [1.29, 1.82) is 5.41 Å². The molecule has 5 heterocycles. The lowest BCUT2D eigenvalue weighted by molar-refractivity contribution is -0.148. The zero-order valence-electron chi connectivity index (χ0n) is 76.1. The van der Waals surface area contributed by atoms with Gasteiger partial charge in [-0.1, -0.05) is 48.5 Å². The van der Waals surface area contributed by atoms with Gasteiger partial charge >= 0.3 is 0 Å². The molecule has 0 bridgehead atoms. The van der Waals surface area contributed by atoms with Crippen LogP contribution in [0.2, 0.25) is 0 Å². The number of carbonyl (C=O) groups is 17. The van der Waals surface area contributed by atoms with Gasteiger partial charge in [-0.05, 0) is 174 Å². The van der Waals surface area contributed by atoms with Crippen LogP contribution in [0.15, 0.2) is 110 Å². The number of aromatic nitrogens is 2. The highest BCUT2D eigenvalue weighted by Crippen LogP contribution is 2.29. The third-order valence-corrected chi connectivity index (χ3v) is 24.6. The molecule has 16 atom stereocenters. The number of primary amides is 1. The van der Waals surface area contributed by atoms with Gasteiger partial charge in [0.2, 0.25) is 100 Å². The Morgan fingerprint density at radius 3 is 1.10 bits per heavy atom. The predicted molar refractivity (Wildman–Crippen MR) is 503 cm³/mol. The Kier molecular flexibility index (Phi) is 41.4. The Balaban J connectivity index is 1.07. The number of imidazole rings is 1. The second-order valence-corrected chi connectivity index (χ2v) is 34.9. The summed E-state index contributed by atoms with van der Waals surface area (Å²) in [5.41, 5.74) is 24.8. The summed E-state index contributed by atoms with van der Waals surface area (Å²) < 4.78 is 0. The maximum absolute atomic E-state index is 15.3. The molecule has 48 heteroatoms. The van der Waals surface area contributed by atoms with Gasteiger partial charge in [-0.2, -0.15) is 25.3 Å². The van der Waals surface area contributed by atoms with Gasteiger partial charge in [0.1, 0.15) is 120 Å². The van der Waals surface area contributed by atoms with E-state index in [0.717, 1.165) is 4.90 Å². The highest BCUT2D eigenvalue weighted by Gasteiger charge is 2.47. The predicted octanol–water partition coefficient (Wildman–Crippen LogP) is -6.09. The number of aliphatic hydroxyl groups excluding tert-OH is 1. The molecule has 0 unspecified atom stereocenters. The molecule has 4 aliphatic rings. The Bertz CT molecular complexity index is 5090. The van der Waals surface area contributed by atoms with E-state index in [-0.39, 0.29) is 164 Å². The lowest BCUT2D eigenvalue weighted by Gasteiger charge is -2.34. The maximum Gasteiger partial charge on any atom is 0.246 e. The van der Waals surface area contributed by atoms with Gasteiger partial charge in [0.15, 0.2) is 5.96 Å². The number of phenols is 4. The van der Waals surface area contributed by atoms with Crippen molar-refractivity contribution in [1.82, 2.24) is 99.1 Å². The summed E-state index contributed by atoms with van der Waals surface area (Å²) in [5.74, 6) is -18.7. The lowest BCUT2D eigenvalue weighted by atomic mass is 10.0. The number of thiol groups is 2. The summed E-state index contributed by atoms with van der Waals surface area (Å²) in [6, 6.07) is -3.29. The number of hydrogen-bond acceptors (Lipinski definition) is 28. The van der Waals surface area contributed by atoms with Crippen LogP contribution in [0.5, 0.6) is 23.0 Å². The number of nitrogens with two attached hydrogens (primary N) is 4. The third-order valence-electron chi connectivity index (χ3n) is 23.9. The number of phenolic OH excluding ortho intramolecular Hbond substituents is 4. The van der Waals surface area contributed by atoms with Crippen molar-refractivity contribution in [3.8, 4) is 23.0 Å². The van der Waals surface area contributed by atoms with Gasteiger partial charge < -0.3 is 143 Å². The number of guanidine groups is 1. The molecule has 9 rings (SSSR count). The molecule has 748 valence electrons. The van der Waals surface area contributed by atoms with Crippen molar-refractivity contribution in [2.24, 2.45) is 22.9 Å². The van der Waals surface area contributed by atoms with Crippen LogP contribution in [-0.2, 0) is 114 Å². The Morgan fingerprint density at radius 1 is 0.391 bits per heavy atom. The van der Waals surface area contributed by atoms with Gasteiger partial charge in [0.25, 0.3) is 0 Å². The number of nitrogens with one attached hydrogen (secondary N) is 16. The Morgan fingerprint density at radius 2 is 0.717 bits per heavy atom. The number of H-pyrrole nitrogens is 1. The molecule has 4 aliphatic heterocycles. The fourth-order valence-corrected chi connectivity index (χ4v) is 16.9. The number of aliphatic hydroxyl groups is 1. The summed E-state index contributed by atoms with van der Waals surface area (Å²) in [5, 5.41) is 96.0. The van der Waals surface area contributed by atoms with Crippen molar-refractivity contribution < 1.29 is 107 Å². The van der Waals surface area contributed by atoms with E-state index < -0.39 is 240 Å². The highest BCUT2D eigenvalue weighted by molar-refractivity contribution is 7.80. The molecule has 29 N–H and O–H groups in total. The minimum absolute atomic E-state index is 0.00639. The van der Waals surface area contributed by atoms with Crippen molar-refractivity contribution in [3.05, 3.63) is 138 Å². The summed E-state index contributed by atoms with van der Waals surface area (Å²) in [7, 11) is 0. The number of rotatable bonds is 26. The second-order valence-electron chi connectivity index (χ2n) is 34.2. The Labute approximate surface area is 805 Å².